The van der Waals surface area contributed by atoms with Crippen molar-refractivity contribution in [1.82, 2.24) is 4.90 Å². The van der Waals surface area contributed by atoms with Gasteiger partial charge in [-0.1, -0.05) is 32.3 Å². The molecule has 1 aromatic carbocycles. The maximum atomic E-state index is 13.8. The predicted octanol–water partition coefficient (Wildman–Crippen LogP) is 4.84. The summed E-state index contributed by atoms with van der Waals surface area (Å²) in [5.74, 6) is 0.823. The number of hydrogen-bond acceptors (Lipinski definition) is 6. The molecular weight excluding hydrogens is 458 g/mol. The number of methoxy groups -OCH3 is 1. The Balaban J connectivity index is 1.60. The normalized spacial score (nSPS) is 27.0. The Labute approximate surface area is 215 Å². The number of rotatable bonds is 8. The van der Waals surface area contributed by atoms with Gasteiger partial charge in [0.25, 0.3) is 5.91 Å². The molecule has 3 aliphatic rings. The highest BCUT2D eigenvalue weighted by atomic mass is 16.5. The first-order valence-electron chi connectivity index (χ1n) is 13.7. The fourth-order valence-electron chi connectivity index (χ4n) is 6.42. The Morgan fingerprint density at radius 3 is 2.33 bits per heavy atom. The number of carbonyl (C=O) groups is 2. The average molecular weight is 502 g/mol. The Morgan fingerprint density at radius 1 is 1.06 bits per heavy atom. The molecule has 7 heteroatoms. The van der Waals surface area contributed by atoms with Crippen LogP contribution in [0.25, 0.3) is 0 Å². The molecule has 0 aromatic heterocycles. The number of nitrogens with zero attached hydrogens (tertiary/aromatic N) is 1. The minimum atomic E-state index is -0.753. The Morgan fingerprint density at radius 2 is 1.72 bits per heavy atom. The molecule has 1 heterocycles. The highest BCUT2D eigenvalue weighted by Crippen LogP contribution is 2.47. The summed E-state index contributed by atoms with van der Waals surface area (Å²) < 4.78 is 17.5. The van der Waals surface area contributed by atoms with Crippen LogP contribution in [0.1, 0.15) is 90.0 Å². The number of aliphatic hydroxyl groups is 1. The standard InChI is InChI=1S/C29H43NO6/c1-19(31)29(3)18-30(28(33)27(35-20(2)32)21-10-6-5-7-11-21)17-24(29)22-14-15-25(34-4)26(16-22)36-23-12-8-9-13-23/h14-16,19,21,23-24,27,31H,5-13,17-18H2,1-4H3/t19?,24-,27+,29-/m0/s1. The summed E-state index contributed by atoms with van der Waals surface area (Å²) in [5.41, 5.74) is 0.464. The first-order valence-corrected chi connectivity index (χ1v) is 13.7. The highest BCUT2D eigenvalue weighted by Gasteiger charge is 2.50. The van der Waals surface area contributed by atoms with E-state index in [2.05, 4.69) is 0 Å². The summed E-state index contributed by atoms with van der Waals surface area (Å²) >= 11 is 0. The maximum Gasteiger partial charge on any atom is 0.303 e. The van der Waals surface area contributed by atoms with Crippen molar-refractivity contribution in [2.24, 2.45) is 11.3 Å². The van der Waals surface area contributed by atoms with Crippen molar-refractivity contribution in [2.45, 2.75) is 103 Å². The molecule has 7 nitrogen and oxygen atoms in total. The molecule has 1 N–H and O–H groups in total. The molecule has 4 atom stereocenters. The molecule has 1 amide bonds. The second-order valence-electron chi connectivity index (χ2n) is 11.3. The summed E-state index contributed by atoms with van der Waals surface area (Å²) in [6, 6.07) is 5.97. The number of ether oxygens (including phenoxy) is 3. The minimum absolute atomic E-state index is 0.0550. The van der Waals surface area contributed by atoms with Gasteiger partial charge in [-0.05, 0) is 63.1 Å². The average Bonchev–Trinajstić information content (AvgIpc) is 3.51. The van der Waals surface area contributed by atoms with Crippen LogP contribution >= 0.6 is 0 Å². The smallest absolute Gasteiger partial charge is 0.303 e. The van der Waals surface area contributed by atoms with E-state index in [4.69, 9.17) is 14.2 Å². The van der Waals surface area contributed by atoms with Crippen LogP contribution in [0.5, 0.6) is 11.5 Å². The molecule has 4 rings (SSSR count). The quantitative estimate of drug-likeness (QED) is 0.513. The van der Waals surface area contributed by atoms with Crippen molar-refractivity contribution in [3.63, 3.8) is 0 Å². The van der Waals surface area contributed by atoms with Gasteiger partial charge in [0.2, 0.25) is 0 Å². The first-order chi connectivity index (χ1) is 17.2. The van der Waals surface area contributed by atoms with Gasteiger partial charge in [0, 0.05) is 37.3 Å². The Hall–Kier alpha value is -2.28. The lowest BCUT2D eigenvalue weighted by Crippen LogP contribution is -2.46. The molecule has 1 unspecified atom stereocenters. The molecule has 1 aromatic rings. The van der Waals surface area contributed by atoms with E-state index in [1.54, 1.807) is 18.9 Å². The zero-order chi connectivity index (χ0) is 25.9. The van der Waals surface area contributed by atoms with E-state index >= 15 is 0 Å². The van der Waals surface area contributed by atoms with Crippen LogP contribution in [0.2, 0.25) is 0 Å². The number of benzene rings is 1. The topological polar surface area (TPSA) is 85.3 Å². The molecule has 0 spiro atoms. The van der Waals surface area contributed by atoms with Gasteiger partial charge in [-0.3, -0.25) is 9.59 Å². The summed E-state index contributed by atoms with van der Waals surface area (Å²) in [6.45, 7) is 6.08. The van der Waals surface area contributed by atoms with Gasteiger partial charge in [0.1, 0.15) is 0 Å². The molecule has 0 bridgehead atoms. The predicted molar refractivity (Wildman–Crippen MR) is 137 cm³/mol. The molecule has 2 saturated carbocycles. The third-order valence-electron chi connectivity index (χ3n) is 8.80. The monoisotopic (exact) mass is 501 g/mol. The molecule has 1 aliphatic heterocycles. The summed E-state index contributed by atoms with van der Waals surface area (Å²) in [4.78, 5) is 27.5. The van der Waals surface area contributed by atoms with Gasteiger partial charge in [0.05, 0.1) is 19.3 Å². The van der Waals surface area contributed by atoms with E-state index in [0.29, 0.717) is 18.8 Å². The van der Waals surface area contributed by atoms with E-state index in [9.17, 15) is 14.7 Å². The number of carbonyl (C=O) groups excluding carboxylic acids is 2. The van der Waals surface area contributed by atoms with Crippen LogP contribution in [0.3, 0.4) is 0 Å². The van der Waals surface area contributed by atoms with Gasteiger partial charge in [-0.25, -0.2) is 0 Å². The van der Waals surface area contributed by atoms with Gasteiger partial charge in [-0.15, -0.1) is 0 Å². The second kappa shape index (κ2) is 11.4. The van der Waals surface area contributed by atoms with Gasteiger partial charge in [-0.2, -0.15) is 0 Å². The molecule has 2 aliphatic carbocycles. The molecule has 200 valence electrons. The van der Waals surface area contributed by atoms with Crippen LogP contribution in [-0.2, 0) is 14.3 Å². The van der Waals surface area contributed by atoms with E-state index in [0.717, 1.165) is 56.3 Å². The zero-order valence-electron chi connectivity index (χ0n) is 22.3. The van der Waals surface area contributed by atoms with Crippen molar-refractivity contribution in [3.8, 4) is 11.5 Å². The lowest BCUT2D eigenvalue weighted by Gasteiger charge is -2.34. The van der Waals surface area contributed by atoms with Gasteiger partial charge in [0.15, 0.2) is 17.6 Å². The highest BCUT2D eigenvalue weighted by molar-refractivity contribution is 5.84. The fraction of sp³-hybridized carbons (Fsp3) is 0.724. The Kier molecular flexibility index (Phi) is 8.48. The van der Waals surface area contributed by atoms with E-state index in [-0.39, 0.29) is 23.8 Å². The fourth-order valence-corrected chi connectivity index (χ4v) is 6.42. The van der Waals surface area contributed by atoms with Crippen LogP contribution in [0, 0.1) is 11.3 Å². The van der Waals surface area contributed by atoms with Crippen LogP contribution in [0.15, 0.2) is 18.2 Å². The van der Waals surface area contributed by atoms with Gasteiger partial charge >= 0.3 is 5.97 Å². The SMILES string of the molecule is COc1ccc([C@@H]2CN(C(=O)[C@H](OC(C)=O)C3CCCCC3)C[C@@]2(C)C(C)O)cc1OC1CCCC1. The zero-order valence-corrected chi connectivity index (χ0v) is 22.3. The van der Waals surface area contributed by atoms with Crippen LogP contribution in [0.4, 0.5) is 0 Å². The largest absolute Gasteiger partial charge is 0.493 e. The van der Waals surface area contributed by atoms with Gasteiger partial charge < -0.3 is 24.2 Å². The van der Waals surface area contributed by atoms with E-state index in [1.807, 2.05) is 25.1 Å². The van der Waals surface area contributed by atoms with Crippen molar-refractivity contribution < 1.29 is 28.9 Å². The summed E-state index contributed by atoms with van der Waals surface area (Å²) in [6.07, 6.45) is 8.31. The number of amides is 1. The third kappa shape index (κ3) is 5.66. The second-order valence-corrected chi connectivity index (χ2v) is 11.3. The lowest BCUT2D eigenvalue weighted by atomic mass is 9.72. The molecule has 1 saturated heterocycles. The van der Waals surface area contributed by atoms with Crippen molar-refractivity contribution in [1.29, 1.82) is 0 Å². The number of aliphatic hydroxyl groups excluding tert-OH is 1. The molecule has 36 heavy (non-hydrogen) atoms. The maximum absolute atomic E-state index is 13.8. The van der Waals surface area contributed by atoms with Crippen molar-refractivity contribution in [3.05, 3.63) is 23.8 Å². The lowest BCUT2D eigenvalue weighted by molar-refractivity contribution is -0.163. The third-order valence-corrected chi connectivity index (χ3v) is 8.80. The molecule has 0 radical (unpaired) electrons. The molecule has 3 fully saturated rings. The van der Waals surface area contributed by atoms with E-state index in [1.165, 1.54) is 19.8 Å². The van der Waals surface area contributed by atoms with Crippen LogP contribution in [-0.4, -0.2) is 60.4 Å². The number of esters is 1. The summed E-state index contributed by atoms with van der Waals surface area (Å²) in [7, 11) is 1.65. The number of likely N-dealkylation sites (tertiary alicyclic amines) is 1. The van der Waals surface area contributed by atoms with E-state index < -0.39 is 23.6 Å². The van der Waals surface area contributed by atoms with Crippen molar-refractivity contribution >= 4 is 11.9 Å². The Bertz CT molecular complexity index is 920. The number of hydrogen-bond donors (Lipinski definition) is 1. The molecular formula is C29H43NO6. The van der Waals surface area contributed by atoms with Crippen LogP contribution < -0.4 is 9.47 Å². The first kappa shape index (κ1) is 26.8. The summed E-state index contributed by atoms with van der Waals surface area (Å²) in [5, 5.41) is 10.9. The minimum Gasteiger partial charge on any atom is -0.493 e. The van der Waals surface area contributed by atoms with Crippen molar-refractivity contribution in [2.75, 3.05) is 20.2 Å².